The maximum absolute atomic E-state index is 12.0. The van der Waals surface area contributed by atoms with Crippen LogP contribution in [-0.2, 0) is 6.42 Å². The van der Waals surface area contributed by atoms with Crippen molar-refractivity contribution < 1.29 is 17.9 Å². The van der Waals surface area contributed by atoms with E-state index in [1.54, 1.807) is 12.1 Å². The van der Waals surface area contributed by atoms with Gasteiger partial charge in [-0.25, -0.2) is 0 Å². The van der Waals surface area contributed by atoms with Crippen molar-refractivity contribution in [3.8, 4) is 5.75 Å². The molecule has 0 atom stereocenters. The fourth-order valence-corrected chi connectivity index (χ4v) is 2.15. The standard InChI is InChI=1S/C13H16F3NO/c14-13(15,16)18-12-5-3-11(4-6-12)7-10-17-8-1-2-9-17/h3-6H,1-2,7-10H2. The van der Waals surface area contributed by atoms with Crippen LogP contribution in [0.5, 0.6) is 5.75 Å². The largest absolute Gasteiger partial charge is 0.573 e. The van der Waals surface area contributed by atoms with Gasteiger partial charge in [0, 0.05) is 6.54 Å². The van der Waals surface area contributed by atoms with E-state index in [9.17, 15) is 13.2 Å². The van der Waals surface area contributed by atoms with Gasteiger partial charge in [0.1, 0.15) is 5.75 Å². The maximum Gasteiger partial charge on any atom is 0.573 e. The summed E-state index contributed by atoms with van der Waals surface area (Å²) in [5.74, 6) is -0.160. The van der Waals surface area contributed by atoms with Crippen molar-refractivity contribution in [3.63, 3.8) is 0 Å². The van der Waals surface area contributed by atoms with Crippen molar-refractivity contribution in [2.45, 2.75) is 25.6 Å². The van der Waals surface area contributed by atoms with Gasteiger partial charge in [-0.15, -0.1) is 13.2 Å². The van der Waals surface area contributed by atoms with Crippen molar-refractivity contribution in [1.29, 1.82) is 0 Å². The van der Waals surface area contributed by atoms with E-state index in [1.165, 1.54) is 25.0 Å². The highest BCUT2D eigenvalue weighted by Crippen LogP contribution is 2.22. The number of hydrogen-bond acceptors (Lipinski definition) is 2. The highest BCUT2D eigenvalue weighted by atomic mass is 19.4. The molecule has 18 heavy (non-hydrogen) atoms. The predicted octanol–water partition coefficient (Wildman–Crippen LogP) is 3.22. The molecule has 1 aliphatic rings. The van der Waals surface area contributed by atoms with E-state index in [1.807, 2.05) is 0 Å². The van der Waals surface area contributed by atoms with Crippen molar-refractivity contribution >= 4 is 0 Å². The van der Waals surface area contributed by atoms with Crippen LogP contribution in [0.25, 0.3) is 0 Å². The number of hydrogen-bond donors (Lipinski definition) is 0. The Morgan fingerprint density at radius 2 is 1.67 bits per heavy atom. The summed E-state index contributed by atoms with van der Waals surface area (Å²) >= 11 is 0. The molecule has 5 heteroatoms. The lowest BCUT2D eigenvalue weighted by Crippen LogP contribution is -2.21. The van der Waals surface area contributed by atoms with Crippen LogP contribution in [0.1, 0.15) is 18.4 Å². The van der Waals surface area contributed by atoms with Gasteiger partial charge in [0.25, 0.3) is 0 Å². The second kappa shape index (κ2) is 5.61. The van der Waals surface area contributed by atoms with Crippen molar-refractivity contribution in [1.82, 2.24) is 4.90 Å². The fourth-order valence-electron chi connectivity index (χ4n) is 2.15. The van der Waals surface area contributed by atoms with Crippen LogP contribution in [0.3, 0.4) is 0 Å². The zero-order valence-corrected chi connectivity index (χ0v) is 10.0. The average molecular weight is 259 g/mol. The van der Waals surface area contributed by atoms with Gasteiger partial charge in [0.2, 0.25) is 0 Å². The molecule has 100 valence electrons. The number of rotatable bonds is 4. The minimum absolute atomic E-state index is 0.160. The number of ether oxygens (including phenoxy) is 1. The number of alkyl halides is 3. The molecular weight excluding hydrogens is 243 g/mol. The zero-order valence-electron chi connectivity index (χ0n) is 10.0. The van der Waals surface area contributed by atoms with Gasteiger partial charge in [0.15, 0.2) is 0 Å². The van der Waals surface area contributed by atoms with Crippen LogP contribution >= 0.6 is 0 Å². The molecule has 1 aromatic carbocycles. The van der Waals surface area contributed by atoms with Crippen molar-refractivity contribution in [2.24, 2.45) is 0 Å². The molecule has 2 rings (SSSR count). The lowest BCUT2D eigenvalue weighted by molar-refractivity contribution is -0.274. The van der Waals surface area contributed by atoms with Crippen LogP contribution in [0.2, 0.25) is 0 Å². The molecule has 1 heterocycles. The molecule has 0 N–H and O–H groups in total. The molecule has 0 amide bonds. The summed E-state index contributed by atoms with van der Waals surface area (Å²) in [7, 11) is 0. The number of halogens is 3. The Balaban J connectivity index is 1.83. The van der Waals surface area contributed by atoms with Gasteiger partial charge < -0.3 is 9.64 Å². The van der Waals surface area contributed by atoms with Crippen LogP contribution < -0.4 is 4.74 Å². The Morgan fingerprint density at radius 1 is 1.06 bits per heavy atom. The summed E-state index contributed by atoms with van der Waals surface area (Å²) in [5, 5.41) is 0. The molecule has 0 saturated carbocycles. The molecule has 0 bridgehead atoms. The highest BCUT2D eigenvalue weighted by molar-refractivity contribution is 5.27. The molecule has 1 fully saturated rings. The van der Waals surface area contributed by atoms with E-state index < -0.39 is 6.36 Å². The van der Waals surface area contributed by atoms with Gasteiger partial charge in [-0.3, -0.25) is 0 Å². The normalized spacial score (nSPS) is 17.1. The van der Waals surface area contributed by atoms with E-state index in [0.717, 1.165) is 31.6 Å². The minimum Gasteiger partial charge on any atom is -0.406 e. The average Bonchev–Trinajstić information content (AvgIpc) is 2.79. The number of nitrogens with zero attached hydrogens (tertiary/aromatic N) is 1. The van der Waals surface area contributed by atoms with Gasteiger partial charge in [-0.2, -0.15) is 0 Å². The van der Waals surface area contributed by atoms with Gasteiger partial charge >= 0.3 is 6.36 Å². The molecule has 0 radical (unpaired) electrons. The van der Waals surface area contributed by atoms with E-state index >= 15 is 0 Å². The Morgan fingerprint density at radius 3 is 2.22 bits per heavy atom. The van der Waals surface area contributed by atoms with Gasteiger partial charge in [0.05, 0.1) is 0 Å². The summed E-state index contributed by atoms with van der Waals surface area (Å²) in [4.78, 5) is 2.38. The topological polar surface area (TPSA) is 12.5 Å². The number of likely N-dealkylation sites (tertiary alicyclic amines) is 1. The molecule has 1 aliphatic heterocycles. The molecule has 1 saturated heterocycles. The summed E-state index contributed by atoms with van der Waals surface area (Å²) < 4.78 is 39.7. The maximum atomic E-state index is 12.0. The molecular formula is C13H16F3NO. The first-order valence-electron chi connectivity index (χ1n) is 6.10. The zero-order chi connectivity index (χ0) is 13.0. The second-order valence-corrected chi connectivity index (χ2v) is 4.49. The Bertz CT molecular complexity index is 369. The lowest BCUT2D eigenvalue weighted by atomic mass is 10.1. The van der Waals surface area contributed by atoms with E-state index in [-0.39, 0.29) is 5.75 Å². The lowest BCUT2D eigenvalue weighted by Gasteiger charge is -2.14. The quantitative estimate of drug-likeness (QED) is 0.823. The first-order valence-corrected chi connectivity index (χ1v) is 6.10. The minimum atomic E-state index is -4.61. The molecule has 1 aromatic rings. The number of benzene rings is 1. The van der Waals surface area contributed by atoms with E-state index in [0.29, 0.717) is 0 Å². The monoisotopic (exact) mass is 259 g/mol. The van der Waals surface area contributed by atoms with Crippen molar-refractivity contribution in [3.05, 3.63) is 29.8 Å². The van der Waals surface area contributed by atoms with Crippen LogP contribution in [-0.4, -0.2) is 30.9 Å². The molecule has 0 aliphatic carbocycles. The fraction of sp³-hybridized carbons (Fsp3) is 0.538. The Hall–Kier alpha value is -1.23. The van der Waals surface area contributed by atoms with E-state index in [4.69, 9.17) is 0 Å². The first-order chi connectivity index (χ1) is 8.53. The first kappa shape index (κ1) is 13.2. The smallest absolute Gasteiger partial charge is 0.406 e. The molecule has 0 aromatic heterocycles. The van der Waals surface area contributed by atoms with Crippen LogP contribution in [0, 0.1) is 0 Å². The molecule has 2 nitrogen and oxygen atoms in total. The van der Waals surface area contributed by atoms with Crippen LogP contribution in [0.4, 0.5) is 13.2 Å². The second-order valence-electron chi connectivity index (χ2n) is 4.49. The van der Waals surface area contributed by atoms with Crippen molar-refractivity contribution in [2.75, 3.05) is 19.6 Å². The third kappa shape index (κ3) is 4.22. The summed E-state index contributed by atoms with van der Waals surface area (Å²) in [5.41, 5.74) is 1.04. The SMILES string of the molecule is FC(F)(F)Oc1ccc(CCN2CCCC2)cc1. The molecule has 0 unspecified atom stereocenters. The van der Waals surface area contributed by atoms with Crippen LogP contribution in [0.15, 0.2) is 24.3 Å². The van der Waals surface area contributed by atoms with Gasteiger partial charge in [-0.05, 0) is 50.0 Å². The summed E-state index contributed by atoms with van der Waals surface area (Å²) in [6.45, 7) is 3.24. The predicted molar refractivity (Wildman–Crippen MR) is 62.5 cm³/mol. The van der Waals surface area contributed by atoms with E-state index in [2.05, 4.69) is 9.64 Å². The third-order valence-electron chi connectivity index (χ3n) is 3.07. The third-order valence-corrected chi connectivity index (χ3v) is 3.07. The summed E-state index contributed by atoms with van der Waals surface area (Å²) in [6.07, 6.45) is -1.25. The van der Waals surface area contributed by atoms with Gasteiger partial charge in [-0.1, -0.05) is 12.1 Å². The summed E-state index contributed by atoms with van der Waals surface area (Å²) in [6, 6.07) is 6.12. The Kier molecular flexibility index (Phi) is 4.11. The Labute approximate surface area is 104 Å². The molecule has 0 spiro atoms. The highest BCUT2D eigenvalue weighted by Gasteiger charge is 2.30.